The lowest BCUT2D eigenvalue weighted by atomic mass is 9.68. The van der Waals surface area contributed by atoms with Crippen molar-refractivity contribution in [3.8, 4) is 33.4 Å². The van der Waals surface area contributed by atoms with Gasteiger partial charge >= 0.3 is 0 Å². The Labute approximate surface area is 375 Å². The zero-order chi connectivity index (χ0) is 42.2. The molecule has 0 N–H and O–H groups in total. The zero-order valence-electron chi connectivity index (χ0n) is 34.8. The predicted molar refractivity (Wildman–Crippen MR) is 269 cm³/mol. The van der Waals surface area contributed by atoms with Gasteiger partial charge < -0.3 is 9.32 Å². The standard InChI is InChI=1S/C61H39NOS/c1-3-15-43(16-4-1)61(44-17-5-2-6-18-44)53-24-10-7-21-51(53)59-54(61)25-14-26-55(59)62(45-34-29-40(30-35-45)42-33-38-57-52(39-42)48-19-8-11-27-56(48)63-57)46-36-31-41(32-37-46)47-22-13-23-50-49-20-9-12-28-58(49)64-60(47)50/h1-39H. The molecule has 0 bridgehead atoms. The lowest BCUT2D eigenvalue weighted by Crippen LogP contribution is -2.28. The van der Waals surface area contributed by atoms with Gasteiger partial charge in [0, 0.05) is 47.9 Å². The van der Waals surface area contributed by atoms with Gasteiger partial charge in [0.15, 0.2) is 0 Å². The molecule has 13 rings (SSSR count). The summed E-state index contributed by atoms with van der Waals surface area (Å²) in [6.45, 7) is 0. The highest BCUT2D eigenvalue weighted by Crippen LogP contribution is 2.59. The van der Waals surface area contributed by atoms with Gasteiger partial charge in [-0.25, -0.2) is 0 Å². The maximum Gasteiger partial charge on any atom is 0.135 e. The molecule has 0 radical (unpaired) electrons. The third-order valence-electron chi connectivity index (χ3n) is 13.4. The maximum atomic E-state index is 6.19. The number of benzene rings is 10. The number of rotatable bonds is 7. The van der Waals surface area contributed by atoms with Crippen molar-refractivity contribution in [2.45, 2.75) is 5.41 Å². The number of anilines is 3. The number of thiophene rings is 1. The molecule has 0 saturated carbocycles. The van der Waals surface area contributed by atoms with Crippen molar-refractivity contribution in [3.05, 3.63) is 259 Å². The minimum atomic E-state index is -0.511. The number of para-hydroxylation sites is 1. The van der Waals surface area contributed by atoms with E-state index in [9.17, 15) is 0 Å². The van der Waals surface area contributed by atoms with Gasteiger partial charge in [-0.2, -0.15) is 0 Å². The molecule has 0 saturated heterocycles. The largest absolute Gasteiger partial charge is 0.456 e. The van der Waals surface area contributed by atoms with Crippen LogP contribution in [0, 0.1) is 0 Å². The van der Waals surface area contributed by atoms with E-state index < -0.39 is 5.41 Å². The second-order valence-electron chi connectivity index (χ2n) is 16.7. The fraction of sp³-hybridized carbons (Fsp3) is 0.0164. The molecule has 0 fully saturated rings. The van der Waals surface area contributed by atoms with Crippen molar-refractivity contribution in [1.82, 2.24) is 0 Å². The molecule has 0 atom stereocenters. The third-order valence-corrected chi connectivity index (χ3v) is 14.6. The highest BCUT2D eigenvalue weighted by Gasteiger charge is 2.47. The molecule has 2 aromatic heterocycles. The van der Waals surface area contributed by atoms with Crippen molar-refractivity contribution in [1.29, 1.82) is 0 Å². The minimum absolute atomic E-state index is 0.511. The summed E-state index contributed by atoms with van der Waals surface area (Å²) >= 11 is 1.88. The molecule has 0 unspecified atom stereocenters. The highest BCUT2D eigenvalue weighted by molar-refractivity contribution is 7.26. The molecule has 2 nitrogen and oxygen atoms in total. The smallest absolute Gasteiger partial charge is 0.135 e. The van der Waals surface area contributed by atoms with Crippen LogP contribution in [-0.2, 0) is 5.41 Å². The van der Waals surface area contributed by atoms with E-state index >= 15 is 0 Å². The van der Waals surface area contributed by atoms with Gasteiger partial charge in [-0.15, -0.1) is 11.3 Å². The van der Waals surface area contributed by atoms with Crippen LogP contribution in [0.4, 0.5) is 17.1 Å². The summed E-state index contributed by atoms with van der Waals surface area (Å²) in [5.74, 6) is 0. The average molecular weight is 834 g/mol. The minimum Gasteiger partial charge on any atom is -0.456 e. The first kappa shape index (κ1) is 36.7. The van der Waals surface area contributed by atoms with Crippen LogP contribution >= 0.6 is 11.3 Å². The van der Waals surface area contributed by atoms with Crippen molar-refractivity contribution in [2.75, 3.05) is 4.90 Å². The summed E-state index contributed by atoms with van der Waals surface area (Å²) in [5, 5.41) is 4.88. The van der Waals surface area contributed by atoms with E-state index in [1.807, 2.05) is 23.5 Å². The SMILES string of the molecule is c1ccc(C2(c3ccccc3)c3ccccc3-c3c(N(c4ccc(-c5ccc6oc7ccccc7c6c5)cc4)c4ccc(-c5cccc6c5sc5ccccc56)cc4)cccc32)cc1. The summed E-state index contributed by atoms with van der Waals surface area (Å²) in [6.07, 6.45) is 0. The van der Waals surface area contributed by atoms with E-state index in [-0.39, 0.29) is 0 Å². The van der Waals surface area contributed by atoms with Crippen LogP contribution in [0.5, 0.6) is 0 Å². The second kappa shape index (κ2) is 14.6. The van der Waals surface area contributed by atoms with Gasteiger partial charge in [0.1, 0.15) is 11.2 Å². The zero-order valence-corrected chi connectivity index (χ0v) is 35.6. The molecule has 1 aliphatic carbocycles. The van der Waals surface area contributed by atoms with Crippen molar-refractivity contribution in [3.63, 3.8) is 0 Å². The van der Waals surface area contributed by atoms with Crippen LogP contribution in [0.25, 0.3) is 75.5 Å². The number of hydrogen-bond donors (Lipinski definition) is 0. The quantitative estimate of drug-likeness (QED) is 0.159. The number of hydrogen-bond acceptors (Lipinski definition) is 3. The van der Waals surface area contributed by atoms with Gasteiger partial charge in [0.25, 0.3) is 0 Å². The topological polar surface area (TPSA) is 16.4 Å². The second-order valence-corrected chi connectivity index (χ2v) is 17.8. The molecule has 12 aromatic rings. The lowest BCUT2D eigenvalue weighted by molar-refractivity contribution is 0.669. The van der Waals surface area contributed by atoms with Gasteiger partial charge in [-0.1, -0.05) is 182 Å². The van der Waals surface area contributed by atoms with Crippen LogP contribution in [-0.4, -0.2) is 0 Å². The number of fused-ring (bicyclic) bond motifs is 9. The summed E-state index contributed by atoms with van der Waals surface area (Å²) in [5.41, 5.74) is 16.9. The van der Waals surface area contributed by atoms with E-state index in [0.29, 0.717) is 0 Å². The van der Waals surface area contributed by atoms with Crippen molar-refractivity contribution in [2.24, 2.45) is 0 Å². The Balaban J connectivity index is 1.01. The molecule has 3 heteroatoms. The fourth-order valence-corrected chi connectivity index (χ4v) is 11.8. The van der Waals surface area contributed by atoms with Gasteiger partial charge in [-0.3, -0.25) is 0 Å². The molecule has 0 spiro atoms. The third kappa shape index (κ3) is 5.51. The predicted octanol–water partition coefficient (Wildman–Crippen LogP) is 17.1. The van der Waals surface area contributed by atoms with E-state index in [4.69, 9.17) is 4.42 Å². The fourth-order valence-electron chi connectivity index (χ4n) is 10.6. The molecule has 0 amide bonds. The Bertz CT molecular complexity index is 3670. The maximum absolute atomic E-state index is 6.19. The van der Waals surface area contributed by atoms with Crippen LogP contribution in [0.15, 0.2) is 241 Å². The normalized spacial score (nSPS) is 12.8. The Morgan fingerprint density at radius 1 is 0.375 bits per heavy atom. The molecular weight excluding hydrogens is 795 g/mol. The lowest BCUT2D eigenvalue weighted by Gasteiger charge is -2.34. The van der Waals surface area contributed by atoms with Crippen molar-refractivity contribution >= 4 is 70.5 Å². The molecule has 64 heavy (non-hydrogen) atoms. The molecule has 10 aromatic carbocycles. The first-order chi connectivity index (χ1) is 31.7. The summed E-state index contributed by atoms with van der Waals surface area (Å²) in [4.78, 5) is 2.46. The Kier molecular flexibility index (Phi) is 8.34. The van der Waals surface area contributed by atoms with Gasteiger partial charge in [-0.05, 0) is 105 Å². The number of nitrogens with zero attached hydrogens (tertiary/aromatic N) is 1. The Morgan fingerprint density at radius 2 is 0.938 bits per heavy atom. The molecular formula is C61H39NOS. The first-order valence-electron chi connectivity index (χ1n) is 21.9. The highest BCUT2D eigenvalue weighted by atomic mass is 32.1. The van der Waals surface area contributed by atoms with E-state index in [1.54, 1.807) is 0 Å². The van der Waals surface area contributed by atoms with Crippen LogP contribution in [0.3, 0.4) is 0 Å². The average Bonchev–Trinajstić information content (AvgIpc) is 4.04. The molecule has 1 aliphatic rings. The van der Waals surface area contributed by atoms with Gasteiger partial charge in [0.2, 0.25) is 0 Å². The van der Waals surface area contributed by atoms with Crippen LogP contribution < -0.4 is 4.90 Å². The van der Waals surface area contributed by atoms with Crippen molar-refractivity contribution < 1.29 is 4.42 Å². The summed E-state index contributed by atoms with van der Waals surface area (Å²) in [7, 11) is 0. The molecule has 300 valence electrons. The van der Waals surface area contributed by atoms with E-state index in [0.717, 1.165) is 50.1 Å². The van der Waals surface area contributed by atoms with Crippen LogP contribution in [0.1, 0.15) is 22.3 Å². The van der Waals surface area contributed by atoms with E-state index in [2.05, 4.69) is 229 Å². The Hall–Kier alpha value is -7.98. The summed E-state index contributed by atoms with van der Waals surface area (Å²) in [6, 6.07) is 86.6. The monoisotopic (exact) mass is 833 g/mol. The number of furan rings is 1. The molecule has 0 aliphatic heterocycles. The van der Waals surface area contributed by atoms with Crippen LogP contribution in [0.2, 0.25) is 0 Å². The first-order valence-corrected chi connectivity index (χ1v) is 22.7. The summed E-state index contributed by atoms with van der Waals surface area (Å²) < 4.78 is 8.82. The van der Waals surface area contributed by atoms with E-state index in [1.165, 1.54) is 64.7 Å². The Morgan fingerprint density at radius 3 is 1.70 bits per heavy atom. The molecule has 2 heterocycles. The van der Waals surface area contributed by atoms with Gasteiger partial charge in [0.05, 0.1) is 11.1 Å².